The minimum atomic E-state index is -0.236. The monoisotopic (exact) mass is 257 g/mol. The highest BCUT2D eigenvalue weighted by atomic mass is 16.5. The molecule has 2 rings (SSSR count). The van der Waals surface area contributed by atoms with E-state index < -0.39 is 0 Å². The summed E-state index contributed by atoms with van der Waals surface area (Å²) >= 11 is 0. The molecule has 0 heterocycles. The largest absolute Gasteiger partial charge is 0.497 e. The highest BCUT2D eigenvalue weighted by Gasteiger charge is 2.09. The van der Waals surface area contributed by atoms with Crippen molar-refractivity contribution in [2.24, 2.45) is 0 Å². The third-order valence-electron chi connectivity index (χ3n) is 2.77. The number of aliphatic hydroxyl groups excluding tert-OH is 1. The van der Waals surface area contributed by atoms with Gasteiger partial charge in [0.05, 0.1) is 13.7 Å². The lowest BCUT2D eigenvalue weighted by atomic mass is 10.1. The van der Waals surface area contributed by atoms with Crippen LogP contribution in [0, 0.1) is 0 Å². The average molecular weight is 257 g/mol. The van der Waals surface area contributed by atoms with Gasteiger partial charge in [-0.1, -0.05) is 24.3 Å². The second-order valence-corrected chi connectivity index (χ2v) is 4.00. The van der Waals surface area contributed by atoms with Gasteiger partial charge in [-0.15, -0.1) is 0 Å². The predicted octanol–water partition coefficient (Wildman–Crippen LogP) is 2.44. The van der Waals surface area contributed by atoms with Crippen LogP contribution in [0.15, 0.2) is 48.5 Å². The van der Waals surface area contributed by atoms with E-state index in [1.54, 1.807) is 49.6 Å². The Morgan fingerprint density at radius 1 is 1.21 bits per heavy atom. The molecular weight excluding hydrogens is 242 g/mol. The van der Waals surface area contributed by atoms with Crippen LogP contribution in [0.3, 0.4) is 0 Å². The van der Waals surface area contributed by atoms with Crippen molar-refractivity contribution in [1.29, 1.82) is 0 Å². The summed E-state index contributed by atoms with van der Waals surface area (Å²) < 4.78 is 5.08. The first kappa shape index (κ1) is 13.1. The molecule has 19 heavy (non-hydrogen) atoms. The van der Waals surface area contributed by atoms with Crippen LogP contribution in [-0.2, 0) is 6.61 Å². The summed E-state index contributed by atoms with van der Waals surface area (Å²) in [7, 11) is 1.55. The van der Waals surface area contributed by atoms with Crippen molar-refractivity contribution in [2.45, 2.75) is 6.61 Å². The fraction of sp³-hybridized carbons (Fsp3) is 0.133. The van der Waals surface area contributed by atoms with Crippen LogP contribution in [0.1, 0.15) is 15.9 Å². The zero-order valence-corrected chi connectivity index (χ0v) is 10.6. The van der Waals surface area contributed by atoms with Crippen molar-refractivity contribution < 1.29 is 14.6 Å². The Kier molecular flexibility index (Phi) is 4.15. The Bertz CT molecular complexity index is 581. The van der Waals surface area contributed by atoms with Crippen molar-refractivity contribution in [3.8, 4) is 5.75 Å². The van der Waals surface area contributed by atoms with Gasteiger partial charge in [0.25, 0.3) is 5.91 Å². The lowest BCUT2D eigenvalue weighted by Gasteiger charge is -2.09. The van der Waals surface area contributed by atoms with Gasteiger partial charge >= 0.3 is 0 Å². The first-order chi connectivity index (χ1) is 9.24. The average Bonchev–Trinajstić information content (AvgIpc) is 2.47. The third-order valence-corrected chi connectivity index (χ3v) is 2.77. The number of rotatable bonds is 4. The normalized spacial score (nSPS) is 10.0. The number of carbonyl (C=O) groups is 1. The second kappa shape index (κ2) is 6.02. The molecule has 0 fully saturated rings. The zero-order chi connectivity index (χ0) is 13.7. The van der Waals surface area contributed by atoms with E-state index in [1.807, 2.05) is 6.07 Å². The molecule has 0 unspecified atom stereocenters. The molecule has 98 valence electrons. The minimum absolute atomic E-state index is 0.117. The molecule has 1 amide bonds. The molecule has 0 bridgehead atoms. The summed E-state index contributed by atoms with van der Waals surface area (Å²) in [6.07, 6.45) is 0. The summed E-state index contributed by atoms with van der Waals surface area (Å²) in [5.74, 6) is 0.392. The predicted molar refractivity (Wildman–Crippen MR) is 73.3 cm³/mol. The fourth-order valence-corrected chi connectivity index (χ4v) is 1.74. The molecule has 2 aromatic rings. The molecule has 2 N–H and O–H groups in total. The Labute approximate surface area is 111 Å². The maximum absolute atomic E-state index is 12.1. The van der Waals surface area contributed by atoms with Gasteiger partial charge < -0.3 is 15.2 Å². The number of para-hydroxylation sites is 1. The van der Waals surface area contributed by atoms with Crippen LogP contribution in [0.25, 0.3) is 0 Å². The Balaban J connectivity index is 2.20. The SMILES string of the molecule is COc1cccc(C(=O)Nc2ccccc2CO)c1. The Morgan fingerprint density at radius 3 is 2.74 bits per heavy atom. The molecule has 4 nitrogen and oxygen atoms in total. The summed E-state index contributed by atoms with van der Waals surface area (Å²) in [6, 6.07) is 14.0. The maximum atomic E-state index is 12.1. The number of nitrogens with one attached hydrogen (secondary N) is 1. The van der Waals surface area contributed by atoms with Gasteiger partial charge in [0.2, 0.25) is 0 Å². The van der Waals surface area contributed by atoms with E-state index in [4.69, 9.17) is 4.74 Å². The third kappa shape index (κ3) is 3.11. The van der Waals surface area contributed by atoms with E-state index in [0.29, 0.717) is 22.6 Å². The van der Waals surface area contributed by atoms with Gasteiger partial charge in [0.1, 0.15) is 5.75 Å². The number of benzene rings is 2. The highest BCUT2D eigenvalue weighted by Crippen LogP contribution is 2.18. The molecule has 0 aromatic heterocycles. The van der Waals surface area contributed by atoms with E-state index in [-0.39, 0.29) is 12.5 Å². The standard InChI is InChI=1S/C15H15NO3/c1-19-13-7-4-6-11(9-13)15(18)16-14-8-3-2-5-12(14)10-17/h2-9,17H,10H2,1H3,(H,16,18). The molecule has 0 aliphatic carbocycles. The number of ether oxygens (including phenoxy) is 1. The summed E-state index contributed by atoms with van der Waals surface area (Å²) in [4.78, 5) is 12.1. The van der Waals surface area contributed by atoms with Gasteiger partial charge in [-0.25, -0.2) is 0 Å². The summed E-state index contributed by atoms with van der Waals surface area (Å²) in [5.41, 5.74) is 1.80. The number of hydrogen-bond donors (Lipinski definition) is 2. The number of methoxy groups -OCH3 is 1. The van der Waals surface area contributed by atoms with Crippen LogP contribution in [0.2, 0.25) is 0 Å². The number of anilines is 1. The van der Waals surface area contributed by atoms with Crippen molar-refractivity contribution in [3.63, 3.8) is 0 Å². The summed E-state index contributed by atoms with van der Waals surface area (Å²) in [6.45, 7) is -0.117. The smallest absolute Gasteiger partial charge is 0.255 e. The van der Waals surface area contributed by atoms with Gasteiger partial charge in [0, 0.05) is 16.8 Å². The first-order valence-corrected chi connectivity index (χ1v) is 5.88. The van der Waals surface area contributed by atoms with Crippen molar-refractivity contribution in [2.75, 3.05) is 12.4 Å². The molecule has 4 heteroatoms. The molecule has 0 spiro atoms. The topological polar surface area (TPSA) is 58.6 Å². The van der Waals surface area contributed by atoms with Gasteiger partial charge in [-0.2, -0.15) is 0 Å². The first-order valence-electron chi connectivity index (χ1n) is 5.88. The van der Waals surface area contributed by atoms with E-state index in [9.17, 15) is 9.90 Å². The maximum Gasteiger partial charge on any atom is 0.255 e. The molecule has 2 aromatic carbocycles. The molecule has 0 atom stereocenters. The lowest BCUT2D eigenvalue weighted by Crippen LogP contribution is -2.13. The number of amides is 1. The molecule has 0 saturated heterocycles. The van der Waals surface area contributed by atoms with Crippen LogP contribution >= 0.6 is 0 Å². The van der Waals surface area contributed by atoms with Gasteiger partial charge in [0.15, 0.2) is 0 Å². The number of aliphatic hydroxyl groups is 1. The Hall–Kier alpha value is -2.33. The van der Waals surface area contributed by atoms with E-state index in [2.05, 4.69) is 5.32 Å². The van der Waals surface area contributed by atoms with E-state index in [1.165, 1.54) is 0 Å². The number of hydrogen-bond acceptors (Lipinski definition) is 3. The molecule has 0 aliphatic rings. The van der Waals surface area contributed by atoms with Crippen LogP contribution in [0.5, 0.6) is 5.75 Å². The van der Waals surface area contributed by atoms with Crippen molar-refractivity contribution in [3.05, 3.63) is 59.7 Å². The van der Waals surface area contributed by atoms with Crippen LogP contribution in [-0.4, -0.2) is 18.1 Å². The highest BCUT2D eigenvalue weighted by molar-refractivity contribution is 6.04. The molecule has 0 aliphatic heterocycles. The minimum Gasteiger partial charge on any atom is -0.497 e. The van der Waals surface area contributed by atoms with Crippen LogP contribution < -0.4 is 10.1 Å². The van der Waals surface area contributed by atoms with E-state index >= 15 is 0 Å². The Morgan fingerprint density at radius 2 is 2.00 bits per heavy atom. The lowest BCUT2D eigenvalue weighted by molar-refractivity contribution is 0.102. The van der Waals surface area contributed by atoms with Gasteiger partial charge in [-0.3, -0.25) is 4.79 Å². The fourth-order valence-electron chi connectivity index (χ4n) is 1.74. The summed E-state index contributed by atoms with van der Waals surface area (Å²) in [5, 5.41) is 12.0. The molecular formula is C15H15NO3. The van der Waals surface area contributed by atoms with Crippen molar-refractivity contribution in [1.82, 2.24) is 0 Å². The van der Waals surface area contributed by atoms with E-state index in [0.717, 1.165) is 0 Å². The van der Waals surface area contributed by atoms with Crippen LogP contribution in [0.4, 0.5) is 5.69 Å². The quantitative estimate of drug-likeness (QED) is 0.884. The molecule has 0 saturated carbocycles. The van der Waals surface area contributed by atoms with Crippen molar-refractivity contribution >= 4 is 11.6 Å². The zero-order valence-electron chi connectivity index (χ0n) is 10.6. The van der Waals surface area contributed by atoms with Gasteiger partial charge in [-0.05, 0) is 24.3 Å². The number of carbonyl (C=O) groups excluding carboxylic acids is 1. The second-order valence-electron chi connectivity index (χ2n) is 4.00. The molecule has 0 radical (unpaired) electrons.